The fourth-order valence-electron chi connectivity index (χ4n) is 15.6. The van der Waals surface area contributed by atoms with Gasteiger partial charge in [-0.2, -0.15) is 38.0 Å². The normalized spacial score (nSPS) is 17.7. The van der Waals surface area contributed by atoms with Crippen molar-refractivity contribution in [3.05, 3.63) is 219 Å². The molecule has 6 aromatic heterocycles. The van der Waals surface area contributed by atoms with E-state index < -0.39 is 175 Å². The number of alkyl halides is 8. The number of nitrogens with one attached hydrogen (secondary N) is 4. The Morgan fingerprint density at radius 1 is 0.536 bits per heavy atom. The van der Waals surface area contributed by atoms with E-state index in [9.17, 15) is 71.1 Å². The van der Waals surface area contributed by atoms with E-state index in [1.54, 1.807) is 38.1 Å². The predicted octanol–water partition coefficient (Wildman–Crippen LogP) is 12.7. The maximum absolute atomic E-state index is 15.4. The van der Waals surface area contributed by atoms with Crippen molar-refractivity contribution < 1.29 is 79.1 Å². The molecule has 24 nitrogen and oxygen atoms in total. The lowest BCUT2D eigenvalue weighted by molar-refractivity contribution is -0.123. The number of carbonyl (C=O) groups excluding carboxylic acids is 2. The molecule has 0 radical (unpaired) electrons. The Kier molecular flexibility index (Phi) is 18.8. The van der Waals surface area contributed by atoms with Gasteiger partial charge in [0, 0.05) is 62.0 Å². The number of aromatic nitrogens is 12. The molecule has 0 bridgehead atoms. The largest absolute Gasteiger partial charge is 0.344 e. The summed E-state index contributed by atoms with van der Waals surface area (Å²) < 4.78 is 235. The number of nitrogens with zero attached hydrogens (tertiary/aromatic N) is 12. The molecular formula is C72H58Cl2F12N16O8S2. The standard InChI is InChI=1S/2C36H29ClF6N8O4S/c2*1-15-5-4-6-22-26(15)35(53)51(24-8-7-21(37)28-30(24)49(2)47-33(28)48-56(3,54)55)34(45-22)23(11-16-9-17(38)12-18(39)10-16)44-25(52)14-50-31-27(29(46-50)32(40)41)19-13-20(19)36(31,42)43/h2*4-10,12,19-20,23,32H,11,13-14H2,1-3H3,(H,44,52)(H,47,48)/t19-,20+,23?;19-,20+,23-/m00/s1. The molecule has 6 atom stereocenters. The van der Waals surface area contributed by atoms with E-state index in [4.69, 9.17) is 33.2 Å². The van der Waals surface area contributed by atoms with Gasteiger partial charge < -0.3 is 10.6 Å². The minimum atomic E-state index is -3.88. The van der Waals surface area contributed by atoms with Crippen LogP contribution in [-0.2, 0) is 81.5 Å². The smallest absolute Gasteiger partial charge is 0.293 e. The van der Waals surface area contributed by atoms with E-state index in [0.717, 1.165) is 45.9 Å². The first-order valence-electron chi connectivity index (χ1n) is 34.0. The third-order valence-electron chi connectivity index (χ3n) is 20.1. The van der Waals surface area contributed by atoms with Gasteiger partial charge >= 0.3 is 0 Å². The van der Waals surface area contributed by atoms with Crippen LogP contribution in [-0.4, -0.2) is 99.4 Å². The van der Waals surface area contributed by atoms with Gasteiger partial charge in [0.05, 0.1) is 89.6 Å². The van der Waals surface area contributed by atoms with Crippen LogP contribution in [0, 0.1) is 49.0 Å². The number of hydrogen-bond donors (Lipinski definition) is 4. The van der Waals surface area contributed by atoms with E-state index in [-0.39, 0.29) is 123 Å². The number of amides is 2. The van der Waals surface area contributed by atoms with E-state index in [0.29, 0.717) is 32.6 Å². The van der Waals surface area contributed by atoms with Gasteiger partial charge in [0.15, 0.2) is 11.6 Å². The second-order valence-electron chi connectivity index (χ2n) is 28.0. The lowest BCUT2D eigenvalue weighted by atomic mass is 10.0. The van der Waals surface area contributed by atoms with Crippen LogP contribution < -0.4 is 31.2 Å². The minimum Gasteiger partial charge on any atom is -0.344 e. The van der Waals surface area contributed by atoms with E-state index in [1.807, 2.05) is 0 Å². The summed E-state index contributed by atoms with van der Waals surface area (Å²) in [4.78, 5) is 66.9. The summed E-state index contributed by atoms with van der Waals surface area (Å²) in [6, 6.07) is 17.6. The minimum absolute atomic E-state index is 0.00838. The number of fused-ring (bicyclic) bond motifs is 10. The van der Waals surface area contributed by atoms with Gasteiger partial charge in [-0.05, 0) is 121 Å². The maximum atomic E-state index is 15.4. The fraction of sp³-hybridized carbons (Fsp3) is 0.306. The average molecular weight is 1640 g/mol. The number of halogens is 14. The molecule has 1 unspecified atom stereocenters. The van der Waals surface area contributed by atoms with Crippen LogP contribution in [0.25, 0.3) is 55.0 Å². The molecule has 16 rings (SSSR count). The van der Waals surface area contributed by atoms with Crippen LogP contribution in [0.15, 0.2) is 107 Å². The first kappa shape index (κ1) is 76.5. The van der Waals surface area contributed by atoms with Gasteiger partial charge in [-0.3, -0.25) is 56.5 Å². The molecule has 0 aliphatic heterocycles. The highest BCUT2D eigenvalue weighted by Gasteiger charge is 2.68. The van der Waals surface area contributed by atoms with Crippen molar-refractivity contribution in [3.8, 4) is 11.4 Å². The zero-order valence-corrected chi connectivity index (χ0v) is 62.0. The quantitative estimate of drug-likeness (QED) is 0.0516. The Hall–Kier alpha value is -10.9. The van der Waals surface area contributed by atoms with Gasteiger partial charge in [0.25, 0.3) is 35.8 Å². The molecule has 0 saturated heterocycles. The number of hydrogen-bond acceptors (Lipinski definition) is 14. The highest BCUT2D eigenvalue weighted by Crippen LogP contribution is 2.69. The van der Waals surface area contributed by atoms with Crippen LogP contribution in [0.2, 0.25) is 10.0 Å². The molecule has 12 aromatic rings. The molecule has 584 valence electrons. The van der Waals surface area contributed by atoms with Gasteiger partial charge in [-0.15, -0.1) is 0 Å². The van der Waals surface area contributed by atoms with Crippen molar-refractivity contribution >= 4 is 110 Å². The van der Waals surface area contributed by atoms with Gasteiger partial charge in [0.1, 0.15) is 70.8 Å². The molecule has 2 fully saturated rings. The number of anilines is 2. The highest BCUT2D eigenvalue weighted by atomic mass is 35.5. The molecule has 112 heavy (non-hydrogen) atoms. The van der Waals surface area contributed by atoms with Crippen LogP contribution in [0.4, 0.5) is 64.3 Å². The summed E-state index contributed by atoms with van der Waals surface area (Å²) in [6.45, 7) is 1.41. The molecule has 6 heterocycles. The number of benzene rings is 6. The zero-order chi connectivity index (χ0) is 80.3. The number of aryl methyl sites for hydroxylation is 4. The van der Waals surface area contributed by atoms with Crippen molar-refractivity contribution in [2.24, 2.45) is 25.9 Å². The Bertz CT molecular complexity index is 5990. The van der Waals surface area contributed by atoms with E-state index in [1.165, 1.54) is 59.9 Å². The molecule has 2 amide bonds. The third-order valence-corrected chi connectivity index (χ3v) is 21.8. The Morgan fingerprint density at radius 2 is 0.893 bits per heavy atom. The first-order valence-corrected chi connectivity index (χ1v) is 38.6. The monoisotopic (exact) mass is 1640 g/mol. The van der Waals surface area contributed by atoms with Crippen molar-refractivity contribution in [1.29, 1.82) is 0 Å². The SMILES string of the molecule is Cc1cccc2nc(C(Cc3cc(F)cc(F)c3)NC(=O)Cn3nc(C(F)F)c4c3C(F)(F)[C@@H]3C[C@H]43)n(-c3ccc(Cl)c4c(NS(C)(=O)=O)nn(C)c34)c(=O)c12.Cc1cccc2nc([C@H](Cc3cc(F)cc(F)c3)NC(=O)Cn3nc(C(F)F)c4c3C(F)(F)[C@@H]3C[C@H]43)n(-c3ccc(Cl)c4c(NS(C)(=O)=O)nn(C)c34)c(=O)c12. The van der Waals surface area contributed by atoms with E-state index in [2.05, 4.69) is 40.5 Å². The van der Waals surface area contributed by atoms with Gasteiger partial charge in [-0.25, -0.2) is 61.9 Å². The second kappa shape index (κ2) is 27.5. The Balaban J connectivity index is 0.000000177. The van der Waals surface area contributed by atoms with Crippen LogP contribution >= 0.6 is 23.2 Å². The van der Waals surface area contributed by atoms with Crippen molar-refractivity contribution in [3.63, 3.8) is 0 Å². The first-order chi connectivity index (χ1) is 52.7. The molecular weight excluding hydrogens is 1580 g/mol. The predicted molar refractivity (Wildman–Crippen MR) is 385 cm³/mol. The van der Waals surface area contributed by atoms with Crippen LogP contribution in [0.3, 0.4) is 0 Å². The van der Waals surface area contributed by atoms with E-state index >= 15 is 17.6 Å². The highest BCUT2D eigenvalue weighted by molar-refractivity contribution is 7.92. The third kappa shape index (κ3) is 13.6. The van der Waals surface area contributed by atoms with Gasteiger partial charge in [0.2, 0.25) is 31.9 Å². The molecule has 6 aromatic carbocycles. The average Bonchev–Trinajstić information content (AvgIpc) is 1.52. The molecule has 4 N–H and O–H groups in total. The van der Waals surface area contributed by atoms with Crippen LogP contribution in [0.5, 0.6) is 0 Å². The summed E-state index contributed by atoms with van der Waals surface area (Å²) >= 11 is 13.1. The Labute approximate surface area is 634 Å². The Morgan fingerprint density at radius 3 is 1.23 bits per heavy atom. The summed E-state index contributed by atoms with van der Waals surface area (Å²) in [5.74, 6) is -17.7. The fourth-order valence-corrected chi connectivity index (χ4v) is 17.1. The molecule has 4 aliphatic carbocycles. The second-order valence-corrected chi connectivity index (χ2v) is 32.3. The number of rotatable bonds is 20. The summed E-state index contributed by atoms with van der Waals surface area (Å²) in [5.41, 5.74) is -3.46. The number of carbonyl (C=O) groups is 2. The molecule has 0 spiro atoms. The van der Waals surface area contributed by atoms with Crippen molar-refractivity contribution in [1.82, 2.24) is 68.9 Å². The number of sulfonamides is 2. The lowest BCUT2D eigenvalue weighted by Crippen LogP contribution is -2.38. The van der Waals surface area contributed by atoms with Crippen molar-refractivity contribution in [2.45, 2.75) is 101 Å². The summed E-state index contributed by atoms with van der Waals surface area (Å²) in [6.07, 6.45) is -5.39. The molecule has 2 saturated carbocycles. The summed E-state index contributed by atoms with van der Waals surface area (Å²) in [7, 11) is -4.83. The summed E-state index contributed by atoms with van der Waals surface area (Å²) in [5, 5.41) is 21.9. The van der Waals surface area contributed by atoms with Crippen LogP contribution in [0.1, 0.15) is 117 Å². The topological polar surface area (TPSA) is 292 Å². The lowest BCUT2D eigenvalue weighted by Gasteiger charge is -2.24. The molecule has 4 aliphatic rings. The molecule has 40 heteroatoms. The van der Waals surface area contributed by atoms with Crippen molar-refractivity contribution in [2.75, 3.05) is 22.0 Å². The maximum Gasteiger partial charge on any atom is 0.293 e. The zero-order valence-electron chi connectivity index (χ0n) is 58.8. The van der Waals surface area contributed by atoms with Gasteiger partial charge in [-0.1, -0.05) is 47.5 Å².